The number of piperidine rings is 1. The quantitative estimate of drug-likeness (QED) is 0.459. The van der Waals surface area contributed by atoms with E-state index in [-0.39, 0.29) is 10.7 Å². The Bertz CT molecular complexity index is 1200. The molecule has 7 heteroatoms. The molecule has 3 heterocycles. The summed E-state index contributed by atoms with van der Waals surface area (Å²) in [5.41, 5.74) is 3.23. The normalized spacial score (nSPS) is 15.8. The molecule has 1 N–H and O–H groups in total. The minimum absolute atomic E-state index is 0.0185. The summed E-state index contributed by atoms with van der Waals surface area (Å²) in [7, 11) is 0. The molecule has 0 aliphatic carbocycles. The fraction of sp³-hybridized carbons (Fsp3) is 0.304. The van der Waals surface area contributed by atoms with E-state index in [0.29, 0.717) is 5.92 Å². The first-order chi connectivity index (χ1) is 14.6. The number of fused-ring (bicyclic) bond motifs is 1. The number of aromatic amines is 1. The van der Waals surface area contributed by atoms with Gasteiger partial charge in [0.25, 0.3) is 0 Å². The summed E-state index contributed by atoms with van der Waals surface area (Å²) in [5.74, 6) is 0.499. The van der Waals surface area contributed by atoms with Crippen LogP contribution < -0.4 is 4.87 Å². The van der Waals surface area contributed by atoms with Gasteiger partial charge >= 0.3 is 4.87 Å². The maximum Gasteiger partial charge on any atom is 0.305 e. The molecule has 4 aromatic rings. The second-order valence-corrected chi connectivity index (χ2v) is 10.0. The average molecular weight is 440 g/mol. The molecule has 5 rings (SSSR count). The van der Waals surface area contributed by atoms with Crippen molar-refractivity contribution in [2.75, 3.05) is 13.1 Å². The first-order valence-electron chi connectivity index (χ1n) is 10.2. The van der Waals surface area contributed by atoms with Gasteiger partial charge in [-0.2, -0.15) is 0 Å². The average Bonchev–Trinajstić information content (AvgIpc) is 3.36. The summed E-state index contributed by atoms with van der Waals surface area (Å²) in [6.07, 6.45) is 5.30. The molecule has 1 aliphatic heterocycles. The number of hydrogen-bond acceptors (Lipinski definition) is 5. The van der Waals surface area contributed by atoms with Crippen LogP contribution in [-0.4, -0.2) is 28.0 Å². The van der Waals surface area contributed by atoms with Gasteiger partial charge in [0.15, 0.2) is 0 Å². The molecule has 30 heavy (non-hydrogen) atoms. The van der Waals surface area contributed by atoms with Gasteiger partial charge < -0.3 is 4.98 Å². The first kappa shape index (κ1) is 19.6. The Balaban J connectivity index is 1.18. The number of rotatable bonds is 5. The van der Waals surface area contributed by atoms with Crippen molar-refractivity contribution in [3.05, 3.63) is 74.7 Å². The predicted octanol–water partition coefficient (Wildman–Crippen LogP) is 5.31. The molecule has 0 radical (unpaired) electrons. The highest BCUT2D eigenvalue weighted by Crippen LogP contribution is 2.30. The summed E-state index contributed by atoms with van der Waals surface area (Å²) in [6.45, 7) is 3.03. The molecule has 0 atom stereocenters. The monoisotopic (exact) mass is 439 g/mol. The molecule has 4 nitrogen and oxygen atoms in total. The second-order valence-electron chi connectivity index (χ2n) is 7.89. The van der Waals surface area contributed by atoms with Crippen molar-refractivity contribution in [1.29, 1.82) is 0 Å². The highest BCUT2D eigenvalue weighted by atomic mass is 32.1. The van der Waals surface area contributed by atoms with Gasteiger partial charge in [-0.05, 0) is 73.7 Å². The number of thiazole rings is 2. The van der Waals surface area contributed by atoms with E-state index in [2.05, 4.69) is 20.9 Å². The van der Waals surface area contributed by atoms with Crippen LogP contribution in [0.1, 0.15) is 23.4 Å². The van der Waals surface area contributed by atoms with Crippen LogP contribution in [0.3, 0.4) is 0 Å². The number of benzene rings is 2. The second kappa shape index (κ2) is 8.41. The molecular formula is C23H22FN3OS2. The Kier molecular flexibility index (Phi) is 5.50. The highest BCUT2D eigenvalue weighted by Gasteiger charge is 2.20. The molecule has 0 unspecified atom stereocenters. The molecule has 154 valence electrons. The van der Waals surface area contributed by atoms with Crippen molar-refractivity contribution in [1.82, 2.24) is 14.9 Å². The molecule has 0 spiro atoms. The van der Waals surface area contributed by atoms with E-state index < -0.39 is 0 Å². The Morgan fingerprint density at radius 3 is 2.70 bits per heavy atom. The van der Waals surface area contributed by atoms with Crippen molar-refractivity contribution < 1.29 is 4.39 Å². The van der Waals surface area contributed by atoms with Gasteiger partial charge in [0.05, 0.1) is 21.6 Å². The SMILES string of the molecule is O=c1[nH]c2ccc(-c3cnc(CN4CCC(Cc5ccc(F)cc5)CC4)s3)cc2s1. The van der Waals surface area contributed by atoms with E-state index in [4.69, 9.17) is 0 Å². The zero-order valence-corrected chi connectivity index (χ0v) is 18.1. The first-order valence-corrected chi connectivity index (χ1v) is 11.8. The van der Waals surface area contributed by atoms with Gasteiger partial charge in [-0.25, -0.2) is 9.37 Å². The van der Waals surface area contributed by atoms with E-state index in [1.165, 1.54) is 29.7 Å². The summed E-state index contributed by atoms with van der Waals surface area (Å²) in [5, 5.41) is 1.13. The van der Waals surface area contributed by atoms with Crippen molar-refractivity contribution in [2.45, 2.75) is 25.8 Å². The van der Waals surface area contributed by atoms with Gasteiger partial charge in [0.1, 0.15) is 10.8 Å². The molecular weight excluding hydrogens is 417 g/mol. The Labute approximate surface area is 182 Å². The lowest BCUT2D eigenvalue weighted by Crippen LogP contribution is -2.33. The van der Waals surface area contributed by atoms with Crippen LogP contribution in [0.15, 0.2) is 53.5 Å². The van der Waals surface area contributed by atoms with Gasteiger partial charge in [-0.15, -0.1) is 11.3 Å². The topological polar surface area (TPSA) is 49.0 Å². The minimum Gasteiger partial charge on any atom is -0.312 e. The van der Waals surface area contributed by atoms with Crippen molar-refractivity contribution in [2.24, 2.45) is 5.92 Å². The molecule has 1 aliphatic rings. The summed E-state index contributed by atoms with van der Waals surface area (Å²) in [4.78, 5) is 22.6. The summed E-state index contributed by atoms with van der Waals surface area (Å²) < 4.78 is 14.1. The lowest BCUT2D eigenvalue weighted by molar-refractivity contribution is 0.177. The number of nitrogens with one attached hydrogen (secondary N) is 1. The van der Waals surface area contributed by atoms with E-state index in [1.54, 1.807) is 23.5 Å². The molecule has 2 aromatic carbocycles. The molecule has 0 bridgehead atoms. The third-order valence-electron chi connectivity index (χ3n) is 5.76. The number of hydrogen-bond donors (Lipinski definition) is 1. The Morgan fingerprint density at radius 1 is 1.10 bits per heavy atom. The molecule has 0 amide bonds. The van der Waals surface area contributed by atoms with E-state index >= 15 is 0 Å². The van der Waals surface area contributed by atoms with Crippen LogP contribution in [0.2, 0.25) is 0 Å². The van der Waals surface area contributed by atoms with Crippen LogP contribution in [0.4, 0.5) is 4.39 Å². The maximum absolute atomic E-state index is 13.1. The smallest absolute Gasteiger partial charge is 0.305 e. The standard InChI is InChI=1S/C23H22FN3OS2/c24-18-4-1-15(2-5-18)11-16-7-9-27(10-8-16)14-22-25-13-21(29-22)17-3-6-19-20(12-17)30-23(28)26-19/h1-6,12-13,16H,7-11,14H2,(H,26,28). The van der Waals surface area contributed by atoms with Crippen molar-refractivity contribution in [3.8, 4) is 10.4 Å². The van der Waals surface area contributed by atoms with E-state index in [0.717, 1.165) is 51.7 Å². The third-order valence-corrected chi connectivity index (χ3v) is 7.64. The number of aromatic nitrogens is 2. The predicted molar refractivity (Wildman–Crippen MR) is 122 cm³/mol. The molecule has 2 aromatic heterocycles. The van der Waals surface area contributed by atoms with E-state index in [9.17, 15) is 9.18 Å². The van der Waals surface area contributed by atoms with E-state index in [1.807, 2.05) is 30.5 Å². The third kappa shape index (κ3) is 4.38. The van der Waals surface area contributed by atoms with Crippen LogP contribution in [0.5, 0.6) is 0 Å². The van der Waals surface area contributed by atoms with Crippen LogP contribution >= 0.6 is 22.7 Å². The molecule has 1 fully saturated rings. The molecule has 0 saturated carbocycles. The minimum atomic E-state index is -0.166. The van der Waals surface area contributed by atoms with Gasteiger partial charge in [-0.1, -0.05) is 29.5 Å². The van der Waals surface area contributed by atoms with Crippen LogP contribution in [-0.2, 0) is 13.0 Å². The lowest BCUT2D eigenvalue weighted by atomic mass is 9.90. The van der Waals surface area contributed by atoms with Crippen LogP contribution in [0.25, 0.3) is 20.7 Å². The van der Waals surface area contributed by atoms with Gasteiger partial charge in [0, 0.05) is 6.20 Å². The van der Waals surface area contributed by atoms with Gasteiger partial charge in [0.2, 0.25) is 0 Å². The fourth-order valence-electron chi connectivity index (χ4n) is 4.11. The lowest BCUT2D eigenvalue weighted by Gasteiger charge is -2.31. The summed E-state index contributed by atoms with van der Waals surface area (Å²) >= 11 is 2.97. The number of H-pyrrole nitrogens is 1. The largest absolute Gasteiger partial charge is 0.312 e. The van der Waals surface area contributed by atoms with Crippen molar-refractivity contribution >= 4 is 32.9 Å². The Hall–Kier alpha value is -2.35. The van der Waals surface area contributed by atoms with Gasteiger partial charge in [-0.3, -0.25) is 9.69 Å². The zero-order chi connectivity index (χ0) is 20.5. The number of nitrogens with zero attached hydrogens (tertiary/aromatic N) is 2. The van der Waals surface area contributed by atoms with Crippen LogP contribution in [0, 0.1) is 11.7 Å². The fourth-order valence-corrected chi connectivity index (χ4v) is 5.84. The van der Waals surface area contributed by atoms with Crippen molar-refractivity contribution in [3.63, 3.8) is 0 Å². The maximum atomic E-state index is 13.1. The highest BCUT2D eigenvalue weighted by molar-refractivity contribution is 7.16. The zero-order valence-electron chi connectivity index (χ0n) is 16.4. The Morgan fingerprint density at radius 2 is 1.90 bits per heavy atom. The number of likely N-dealkylation sites (tertiary alicyclic amines) is 1. The summed E-state index contributed by atoms with van der Waals surface area (Å²) in [6, 6.07) is 13.0. The number of halogens is 1. The molecule has 1 saturated heterocycles.